The quantitative estimate of drug-likeness (QED) is 0.217. The number of halogens is 1. The number of hydrogen-bond acceptors (Lipinski definition) is 6. The van der Waals surface area contributed by atoms with Crippen molar-refractivity contribution >= 4 is 29.9 Å². The Labute approximate surface area is 186 Å². The Morgan fingerprint density at radius 3 is 2.61 bits per heavy atom. The summed E-state index contributed by atoms with van der Waals surface area (Å²) in [5.41, 5.74) is 0. The molecular weight excluding hydrogens is 471 g/mol. The predicted octanol–water partition coefficient (Wildman–Crippen LogP) is 2.23. The third kappa shape index (κ3) is 9.51. The van der Waals surface area contributed by atoms with Gasteiger partial charge in [-0.1, -0.05) is 19.0 Å². The number of hydrogen-bond donors (Lipinski definition) is 2. The van der Waals surface area contributed by atoms with Crippen molar-refractivity contribution in [1.29, 1.82) is 0 Å². The van der Waals surface area contributed by atoms with Crippen LogP contribution >= 0.6 is 24.0 Å². The summed E-state index contributed by atoms with van der Waals surface area (Å²) in [6.45, 7) is 14.6. The number of rotatable bonds is 10. The summed E-state index contributed by atoms with van der Waals surface area (Å²) < 4.78 is 10.7. The van der Waals surface area contributed by atoms with Crippen LogP contribution in [-0.4, -0.2) is 73.0 Å². The molecular formula is C19H37IN6O2. The van der Waals surface area contributed by atoms with E-state index >= 15 is 0 Å². The summed E-state index contributed by atoms with van der Waals surface area (Å²) in [7, 11) is 0. The molecule has 0 aliphatic carbocycles. The van der Waals surface area contributed by atoms with Crippen molar-refractivity contribution in [2.24, 2.45) is 10.9 Å². The lowest BCUT2D eigenvalue weighted by molar-refractivity contribution is 0.0143. The van der Waals surface area contributed by atoms with Gasteiger partial charge in [0, 0.05) is 38.6 Å². The Hall–Kier alpha value is -0.940. The van der Waals surface area contributed by atoms with Gasteiger partial charge in [-0.2, -0.15) is 4.98 Å². The Morgan fingerprint density at radius 1 is 1.25 bits per heavy atom. The molecule has 1 unspecified atom stereocenters. The van der Waals surface area contributed by atoms with Gasteiger partial charge in [0.15, 0.2) is 11.8 Å². The maximum atomic E-state index is 5.50. The molecule has 0 bridgehead atoms. The smallest absolute Gasteiger partial charge is 0.226 e. The molecule has 2 rings (SSSR count). The van der Waals surface area contributed by atoms with Crippen LogP contribution in [0.1, 0.15) is 45.3 Å². The lowest BCUT2D eigenvalue weighted by atomic mass is 10.0. The molecule has 1 fully saturated rings. The van der Waals surface area contributed by atoms with Gasteiger partial charge in [0.25, 0.3) is 0 Å². The molecule has 0 radical (unpaired) electrons. The summed E-state index contributed by atoms with van der Waals surface area (Å²) >= 11 is 0. The third-order valence-electron chi connectivity index (χ3n) is 4.54. The second kappa shape index (κ2) is 14.1. The van der Waals surface area contributed by atoms with Crippen LogP contribution in [0.15, 0.2) is 9.52 Å². The van der Waals surface area contributed by atoms with E-state index < -0.39 is 0 Å². The average molecular weight is 508 g/mol. The Balaban J connectivity index is 0.00000392. The number of nitrogens with zero attached hydrogens (tertiary/aromatic N) is 4. The zero-order valence-corrected chi connectivity index (χ0v) is 20.1. The van der Waals surface area contributed by atoms with Crippen LogP contribution < -0.4 is 10.6 Å². The molecule has 1 atom stereocenters. The molecule has 2 N–H and O–H groups in total. The maximum absolute atomic E-state index is 5.50. The van der Waals surface area contributed by atoms with E-state index in [1.165, 1.54) is 0 Å². The lowest BCUT2D eigenvalue weighted by Gasteiger charge is -2.34. The van der Waals surface area contributed by atoms with E-state index in [0.717, 1.165) is 71.2 Å². The minimum atomic E-state index is 0. The molecule has 1 saturated heterocycles. The highest BCUT2D eigenvalue weighted by Crippen LogP contribution is 2.14. The van der Waals surface area contributed by atoms with Gasteiger partial charge in [-0.3, -0.25) is 9.89 Å². The fourth-order valence-electron chi connectivity index (χ4n) is 3.25. The van der Waals surface area contributed by atoms with Crippen molar-refractivity contribution in [3.05, 3.63) is 11.7 Å². The van der Waals surface area contributed by atoms with Gasteiger partial charge in [-0.25, -0.2) is 0 Å². The standard InChI is InChI=1S/C19H36N6O2.HI/c1-5-20-19(21-8-6-7-18-23-16(4)24-27-18)22-14-17(13-15(2)3)25-9-11-26-12-10-25;/h15,17H,5-14H2,1-4H3,(H2,20,21,22);1H. The highest BCUT2D eigenvalue weighted by molar-refractivity contribution is 14.0. The first-order valence-corrected chi connectivity index (χ1v) is 10.2. The second-order valence-electron chi connectivity index (χ2n) is 7.42. The monoisotopic (exact) mass is 508 g/mol. The molecule has 1 aliphatic rings. The summed E-state index contributed by atoms with van der Waals surface area (Å²) in [6.07, 6.45) is 2.85. The largest absolute Gasteiger partial charge is 0.379 e. The number of nitrogens with one attached hydrogen (secondary N) is 2. The fraction of sp³-hybridized carbons (Fsp3) is 0.842. The number of guanidine groups is 1. The van der Waals surface area contributed by atoms with E-state index in [1.54, 1.807) is 0 Å². The predicted molar refractivity (Wildman–Crippen MR) is 122 cm³/mol. The highest BCUT2D eigenvalue weighted by atomic mass is 127. The normalized spacial score (nSPS) is 16.7. The van der Waals surface area contributed by atoms with Crippen LogP contribution in [0.25, 0.3) is 0 Å². The van der Waals surface area contributed by atoms with Gasteiger partial charge < -0.3 is 19.9 Å². The van der Waals surface area contributed by atoms with Crippen LogP contribution in [0.3, 0.4) is 0 Å². The topological polar surface area (TPSA) is 87.8 Å². The second-order valence-corrected chi connectivity index (χ2v) is 7.42. The molecule has 28 heavy (non-hydrogen) atoms. The average Bonchev–Trinajstić information content (AvgIpc) is 3.07. The molecule has 8 nitrogen and oxygen atoms in total. The zero-order valence-electron chi connectivity index (χ0n) is 17.7. The van der Waals surface area contributed by atoms with Gasteiger partial charge in [-0.05, 0) is 32.6 Å². The number of aryl methyl sites for hydroxylation is 2. The summed E-state index contributed by atoms with van der Waals surface area (Å²) in [6, 6.07) is 0.464. The molecule has 1 aliphatic heterocycles. The minimum absolute atomic E-state index is 0. The molecule has 9 heteroatoms. The zero-order chi connectivity index (χ0) is 19.5. The van der Waals surface area contributed by atoms with Crippen molar-refractivity contribution in [3.8, 4) is 0 Å². The maximum Gasteiger partial charge on any atom is 0.226 e. The summed E-state index contributed by atoms with van der Waals surface area (Å²) in [4.78, 5) is 11.6. The van der Waals surface area contributed by atoms with Crippen LogP contribution in [-0.2, 0) is 11.2 Å². The molecule has 0 saturated carbocycles. The molecule has 0 aromatic carbocycles. The molecule has 1 aromatic heterocycles. The fourth-order valence-corrected chi connectivity index (χ4v) is 3.25. The van der Waals surface area contributed by atoms with Gasteiger partial charge in [-0.15, -0.1) is 24.0 Å². The van der Waals surface area contributed by atoms with Gasteiger partial charge in [0.2, 0.25) is 5.89 Å². The summed E-state index contributed by atoms with van der Waals surface area (Å²) in [5.74, 6) is 2.91. The van der Waals surface area contributed by atoms with Gasteiger partial charge in [0.05, 0.1) is 19.8 Å². The van der Waals surface area contributed by atoms with Crippen molar-refractivity contribution in [3.63, 3.8) is 0 Å². The van der Waals surface area contributed by atoms with Crippen LogP contribution in [0.2, 0.25) is 0 Å². The van der Waals surface area contributed by atoms with E-state index in [0.29, 0.717) is 23.7 Å². The van der Waals surface area contributed by atoms with Crippen molar-refractivity contribution in [2.45, 2.75) is 53.0 Å². The molecule has 2 heterocycles. The molecule has 0 amide bonds. The number of morpholine rings is 1. The van der Waals surface area contributed by atoms with Crippen LogP contribution in [0.5, 0.6) is 0 Å². The lowest BCUT2D eigenvalue weighted by Crippen LogP contribution is -2.46. The number of aliphatic imine (C=N–C) groups is 1. The van der Waals surface area contributed by atoms with E-state index in [1.807, 2.05) is 6.92 Å². The van der Waals surface area contributed by atoms with E-state index in [-0.39, 0.29) is 24.0 Å². The molecule has 0 spiro atoms. The van der Waals surface area contributed by atoms with Crippen molar-refractivity contribution in [2.75, 3.05) is 45.9 Å². The Morgan fingerprint density at radius 2 is 2.00 bits per heavy atom. The third-order valence-corrected chi connectivity index (χ3v) is 4.54. The van der Waals surface area contributed by atoms with Gasteiger partial charge >= 0.3 is 0 Å². The molecule has 1 aromatic rings. The Bertz CT molecular complexity index is 560. The van der Waals surface area contributed by atoms with E-state index in [2.05, 4.69) is 46.4 Å². The van der Waals surface area contributed by atoms with Crippen LogP contribution in [0, 0.1) is 12.8 Å². The first kappa shape index (κ1) is 25.1. The van der Waals surface area contributed by atoms with E-state index in [4.69, 9.17) is 14.3 Å². The van der Waals surface area contributed by atoms with Gasteiger partial charge in [0.1, 0.15) is 0 Å². The van der Waals surface area contributed by atoms with Crippen molar-refractivity contribution in [1.82, 2.24) is 25.7 Å². The first-order valence-electron chi connectivity index (χ1n) is 10.2. The van der Waals surface area contributed by atoms with Crippen LogP contribution in [0.4, 0.5) is 0 Å². The van der Waals surface area contributed by atoms with Crippen molar-refractivity contribution < 1.29 is 9.26 Å². The SMILES string of the molecule is CCNC(=NCC(CC(C)C)N1CCOCC1)NCCCc1nc(C)no1.I. The highest BCUT2D eigenvalue weighted by Gasteiger charge is 2.21. The first-order chi connectivity index (χ1) is 13.1. The Kier molecular flexibility index (Phi) is 12.6. The number of aromatic nitrogens is 2. The summed E-state index contributed by atoms with van der Waals surface area (Å²) in [5, 5.41) is 10.6. The minimum Gasteiger partial charge on any atom is -0.379 e. The number of ether oxygens (including phenoxy) is 1. The molecule has 162 valence electrons. The van der Waals surface area contributed by atoms with E-state index in [9.17, 15) is 0 Å².